The van der Waals surface area contributed by atoms with Crippen LogP contribution in [0.15, 0.2) is 60.0 Å². The summed E-state index contributed by atoms with van der Waals surface area (Å²) in [7, 11) is 0. The van der Waals surface area contributed by atoms with Crippen LogP contribution in [0, 0.1) is 0 Å². The number of carbonyl (C=O) groups excluding carboxylic acids is 1. The van der Waals surface area contributed by atoms with Crippen LogP contribution < -0.4 is 0 Å². The van der Waals surface area contributed by atoms with Crippen molar-refractivity contribution in [3.8, 4) is 0 Å². The molecular formula is C18H19N3O2. The van der Waals surface area contributed by atoms with Gasteiger partial charge in [-0.1, -0.05) is 36.4 Å². The molecule has 0 spiro atoms. The van der Waals surface area contributed by atoms with Gasteiger partial charge in [0, 0.05) is 36.5 Å². The molecule has 0 unspecified atom stereocenters. The molecule has 0 fully saturated rings. The molecule has 2 aromatic rings. The van der Waals surface area contributed by atoms with Gasteiger partial charge in [0.15, 0.2) is 5.72 Å². The quantitative estimate of drug-likeness (QED) is 0.943. The molecule has 0 bridgehead atoms. The van der Waals surface area contributed by atoms with E-state index in [9.17, 15) is 9.90 Å². The zero-order chi connectivity index (χ0) is 16.3. The molecule has 0 saturated carbocycles. The van der Waals surface area contributed by atoms with Crippen LogP contribution in [0.3, 0.4) is 0 Å². The van der Waals surface area contributed by atoms with Crippen molar-refractivity contribution in [1.82, 2.24) is 9.99 Å². The van der Waals surface area contributed by atoms with Gasteiger partial charge in [-0.3, -0.25) is 9.78 Å². The number of hydrogen-bond donors (Lipinski definition) is 1. The maximum atomic E-state index is 12.6. The molecule has 0 radical (unpaired) electrons. The summed E-state index contributed by atoms with van der Waals surface area (Å²) in [5.41, 5.74) is 0.954. The van der Waals surface area contributed by atoms with Gasteiger partial charge < -0.3 is 5.11 Å². The fraction of sp³-hybridized carbons (Fsp3) is 0.278. The highest BCUT2D eigenvalue weighted by atomic mass is 16.3. The van der Waals surface area contributed by atoms with Crippen LogP contribution in [0.1, 0.15) is 30.9 Å². The number of pyridine rings is 1. The third-order valence-electron chi connectivity index (χ3n) is 3.95. The number of benzene rings is 1. The molecule has 1 amide bonds. The van der Waals surface area contributed by atoms with Crippen LogP contribution in [0.2, 0.25) is 0 Å². The van der Waals surface area contributed by atoms with Crippen molar-refractivity contribution in [3.63, 3.8) is 0 Å². The van der Waals surface area contributed by atoms with Gasteiger partial charge in [0.1, 0.15) is 0 Å². The molecule has 1 aromatic heterocycles. The monoisotopic (exact) mass is 309 g/mol. The summed E-state index contributed by atoms with van der Waals surface area (Å²) >= 11 is 0. The minimum absolute atomic E-state index is 0.197. The Labute approximate surface area is 135 Å². The summed E-state index contributed by atoms with van der Waals surface area (Å²) in [4.78, 5) is 16.6. The number of aliphatic hydroxyl groups is 1. The van der Waals surface area contributed by atoms with Crippen molar-refractivity contribution >= 4 is 11.6 Å². The Balaban J connectivity index is 1.77. The lowest BCUT2D eigenvalue weighted by molar-refractivity contribution is -0.157. The van der Waals surface area contributed by atoms with Gasteiger partial charge in [0.25, 0.3) is 0 Å². The third kappa shape index (κ3) is 3.14. The summed E-state index contributed by atoms with van der Waals surface area (Å²) in [6.07, 6.45) is 4.43. The predicted octanol–water partition coefficient (Wildman–Crippen LogP) is 2.47. The van der Waals surface area contributed by atoms with E-state index in [1.54, 1.807) is 24.5 Å². The molecule has 5 heteroatoms. The van der Waals surface area contributed by atoms with Crippen molar-refractivity contribution in [3.05, 3.63) is 66.0 Å². The van der Waals surface area contributed by atoms with E-state index in [0.717, 1.165) is 11.3 Å². The molecule has 118 valence electrons. The van der Waals surface area contributed by atoms with E-state index in [1.165, 1.54) is 5.01 Å². The second-order valence-corrected chi connectivity index (χ2v) is 5.76. The SMILES string of the molecule is CC1=NN(C(=O)CCc2ccccc2)[C@@](O)(c2cccnc2)C1. The lowest BCUT2D eigenvalue weighted by Gasteiger charge is -2.31. The van der Waals surface area contributed by atoms with E-state index in [0.29, 0.717) is 24.8 Å². The Kier molecular flexibility index (Phi) is 4.21. The zero-order valence-electron chi connectivity index (χ0n) is 13.0. The normalized spacial score (nSPS) is 20.4. The molecule has 1 N–H and O–H groups in total. The van der Waals surface area contributed by atoms with Crippen molar-refractivity contribution < 1.29 is 9.90 Å². The highest BCUT2D eigenvalue weighted by molar-refractivity contribution is 5.89. The van der Waals surface area contributed by atoms with E-state index < -0.39 is 5.72 Å². The standard InChI is InChI=1S/C18H19N3O2/c1-14-12-18(23,16-8-5-11-19-13-16)21(20-14)17(22)10-9-15-6-3-2-4-7-15/h2-8,11,13,23H,9-10,12H2,1H3/t18-/m0/s1. The average molecular weight is 309 g/mol. The molecule has 0 saturated heterocycles. The first-order valence-corrected chi connectivity index (χ1v) is 7.63. The Morgan fingerprint density at radius 1 is 1.26 bits per heavy atom. The van der Waals surface area contributed by atoms with Crippen LogP contribution >= 0.6 is 0 Å². The molecule has 1 aliphatic rings. The number of carbonyl (C=O) groups is 1. The van der Waals surface area contributed by atoms with Gasteiger partial charge in [-0.25, -0.2) is 0 Å². The smallest absolute Gasteiger partial charge is 0.245 e. The first kappa shape index (κ1) is 15.4. The topological polar surface area (TPSA) is 65.8 Å². The summed E-state index contributed by atoms with van der Waals surface area (Å²) in [6.45, 7) is 1.81. The van der Waals surface area contributed by atoms with E-state index in [-0.39, 0.29) is 5.91 Å². The molecule has 1 aromatic carbocycles. The third-order valence-corrected chi connectivity index (χ3v) is 3.95. The number of aryl methyl sites for hydroxylation is 1. The second-order valence-electron chi connectivity index (χ2n) is 5.76. The van der Waals surface area contributed by atoms with Gasteiger partial charge in [0.05, 0.1) is 0 Å². The summed E-state index contributed by atoms with van der Waals surface area (Å²) in [6, 6.07) is 13.3. The fourth-order valence-electron chi connectivity index (χ4n) is 2.81. The van der Waals surface area contributed by atoms with Gasteiger partial charge in [-0.05, 0) is 25.0 Å². The largest absolute Gasteiger partial charge is 0.365 e. The summed E-state index contributed by atoms with van der Waals surface area (Å²) in [5.74, 6) is -0.197. The lowest BCUT2D eigenvalue weighted by Crippen LogP contribution is -2.43. The molecule has 1 aliphatic heterocycles. The highest BCUT2D eigenvalue weighted by Crippen LogP contribution is 2.35. The maximum Gasteiger partial charge on any atom is 0.245 e. The Bertz CT molecular complexity index is 716. The zero-order valence-corrected chi connectivity index (χ0v) is 13.0. The molecule has 23 heavy (non-hydrogen) atoms. The van der Waals surface area contributed by atoms with Gasteiger partial charge in [-0.2, -0.15) is 10.1 Å². The Morgan fingerprint density at radius 2 is 2.04 bits per heavy atom. The first-order chi connectivity index (χ1) is 11.1. The fourth-order valence-corrected chi connectivity index (χ4v) is 2.81. The number of aromatic nitrogens is 1. The molecule has 2 heterocycles. The summed E-state index contributed by atoms with van der Waals surface area (Å²) < 4.78 is 0. The molecule has 0 aliphatic carbocycles. The van der Waals surface area contributed by atoms with Gasteiger partial charge >= 0.3 is 0 Å². The van der Waals surface area contributed by atoms with E-state index >= 15 is 0 Å². The van der Waals surface area contributed by atoms with Crippen molar-refractivity contribution in [2.75, 3.05) is 0 Å². The number of hydrogen-bond acceptors (Lipinski definition) is 4. The molecular weight excluding hydrogens is 290 g/mol. The predicted molar refractivity (Wildman–Crippen MR) is 87.5 cm³/mol. The number of rotatable bonds is 4. The van der Waals surface area contributed by atoms with E-state index in [2.05, 4.69) is 10.1 Å². The van der Waals surface area contributed by atoms with Gasteiger partial charge in [0.2, 0.25) is 5.91 Å². The Morgan fingerprint density at radius 3 is 2.74 bits per heavy atom. The van der Waals surface area contributed by atoms with Crippen molar-refractivity contribution in [1.29, 1.82) is 0 Å². The van der Waals surface area contributed by atoms with E-state index in [1.807, 2.05) is 37.3 Å². The maximum absolute atomic E-state index is 12.6. The minimum Gasteiger partial charge on any atom is -0.365 e. The van der Waals surface area contributed by atoms with E-state index in [4.69, 9.17) is 0 Å². The Hall–Kier alpha value is -2.53. The number of amides is 1. The second kappa shape index (κ2) is 6.30. The van der Waals surface area contributed by atoms with Gasteiger partial charge in [-0.15, -0.1) is 0 Å². The average Bonchev–Trinajstić information content (AvgIpc) is 2.90. The van der Waals surface area contributed by atoms with Crippen LogP contribution in [-0.2, 0) is 16.9 Å². The molecule has 1 atom stereocenters. The van der Waals surface area contributed by atoms with Crippen LogP contribution in [0.5, 0.6) is 0 Å². The lowest BCUT2D eigenvalue weighted by atomic mass is 9.99. The highest BCUT2D eigenvalue weighted by Gasteiger charge is 2.44. The van der Waals surface area contributed by atoms with Crippen molar-refractivity contribution in [2.45, 2.75) is 31.9 Å². The first-order valence-electron chi connectivity index (χ1n) is 7.63. The summed E-state index contributed by atoms with van der Waals surface area (Å²) in [5, 5.41) is 16.5. The molecule has 5 nitrogen and oxygen atoms in total. The number of hydrazone groups is 1. The number of nitrogens with zero attached hydrogens (tertiary/aromatic N) is 3. The molecule has 3 rings (SSSR count). The minimum atomic E-state index is -1.44. The van der Waals surface area contributed by atoms with Crippen LogP contribution in [0.4, 0.5) is 0 Å². The van der Waals surface area contributed by atoms with Crippen LogP contribution in [0.25, 0.3) is 0 Å². The van der Waals surface area contributed by atoms with Crippen LogP contribution in [-0.4, -0.2) is 26.7 Å². The van der Waals surface area contributed by atoms with Crippen molar-refractivity contribution in [2.24, 2.45) is 5.10 Å².